The van der Waals surface area contributed by atoms with E-state index < -0.39 is 30.6 Å². The number of hydrogen-bond acceptors (Lipinski definition) is 2. The van der Waals surface area contributed by atoms with E-state index >= 15 is 0 Å². The predicted molar refractivity (Wildman–Crippen MR) is 69.8 cm³/mol. The van der Waals surface area contributed by atoms with Crippen molar-refractivity contribution in [2.75, 3.05) is 26.2 Å². The molecule has 0 unspecified atom stereocenters. The summed E-state index contributed by atoms with van der Waals surface area (Å²) in [4.78, 5) is 25.5. The molecule has 5 nitrogen and oxygen atoms in total. The number of nitrogens with zero attached hydrogens (tertiary/aromatic N) is 2. The van der Waals surface area contributed by atoms with E-state index in [0.29, 0.717) is 0 Å². The lowest BCUT2D eigenvalue weighted by molar-refractivity contribution is -0.183. The summed E-state index contributed by atoms with van der Waals surface area (Å²) in [6, 6.07) is -0.494. The number of aliphatic carboxylic acids is 1. The molecule has 0 bridgehead atoms. The number of carbonyl (C=O) groups is 2. The number of carboxylic acids is 1. The van der Waals surface area contributed by atoms with Gasteiger partial charge in [-0.25, -0.2) is 4.79 Å². The van der Waals surface area contributed by atoms with Crippen molar-refractivity contribution in [1.82, 2.24) is 9.80 Å². The van der Waals surface area contributed by atoms with Crippen LogP contribution < -0.4 is 0 Å². The fraction of sp³-hybridized carbons (Fsp3) is 0.846. The lowest BCUT2D eigenvalue weighted by Crippen LogP contribution is -2.50. The van der Waals surface area contributed by atoms with Crippen LogP contribution in [-0.2, 0) is 4.79 Å². The van der Waals surface area contributed by atoms with Crippen LogP contribution in [0.15, 0.2) is 0 Å². The zero-order valence-electron chi connectivity index (χ0n) is 12.2. The number of alkyl halides is 3. The summed E-state index contributed by atoms with van der Waals surface area (Å²) in [5.41, 5.74) is 0. The number of carbonyl (C=O) groups excluding carboxylic acids is 1. The molecular formula is C13H21F3N2O3. The van der Waals surface area contributed by atoms with E-state index in [2.05, 4.69) is 0 Å². The normalized spacial score (nSPS) is 17.1. The molecule has 1 saturated heterocycles. The standard InChI is InChI=1S/C13H21F3N2O3/c1-9(2)7-18(8-11(19)20)12(21)17-5-3-10(4-6-17)13(14,15)16/h9-10H,3-8H2,1-2H3,(H,19,20). The van der Waals surface area contributed by atoms with Crippen LogP contribution in [0.1, 0.15) is 26.7 Å². The number of urea groups is 1. The first-order chi connectivity index (χ1) is 9.61. The Bertz CT molecular complexity index is 377. The van der Waals surface area contributed by atoms with Gasteiger partial charge in [-0.2, -0.15) is 13.2 Å². The van der Waals surface area contributed by atoms with E-state index in [4.69, 9.17) is 5.11 Å². The molecule has 0 aliphatic carbocycles. The number of amides is 2. The molecule has 1 aliphatic heterocycles. The van der Waals surface area contributed by atoms with E-state index in [9.17, 15) is 22.8 Å². The van der Waals surface area contributed by atoms with Gasteiger partial charge in [-0.05, 0) is 18.8 Å². The topological polar surface area (TPSA) is 60.9 Å². The monoisotopic (exact) mass is 310 g/mol. The van der Waals surface area contributed by atoms with Crippen LogP contribution in [0.3, 0.4) is 0 Å². The zero-order valence-corrected chi connectivity index (χ0v) is 12.2. The number of piperidine rings is 1. The first-order valence-electron chi connectivity index (χ1n) is 6.93. The van der Waals surface area contributed by atoms with Gasteiger partial charge in [0.05, 0.1) is 5.92 Å². The van der Waals surface area contributed by atoms with Crippen LogP contribution in [0.4, 0.5) is 18.0 Å². The number of likely N-dealkylation sites (tertiary alicyclic amines) is 1. The van der Waals surface area contributed by atoms with Gasteiger partial charge in [-0.3, -0.25) is 4.79 Å². The van der Waals surface area contributed by atoms with E-state index in [0.717, 1.165) is 0 Å². The van der Waals surface area contributed by atoms with Crippen molar-refractivity contribution in [3.05, 3.63) is 0 Å². The Labute approximate surface area is 121 Å². The summed E-state index contributed by atoms with van der Waals surface area (Å²) in [5, 5.41) is 8.83. The van der Waals surface area contributed by atoms with Gasteiger partial charge in [-0.15, -0.1) is 0 Å². The van der Waals surface area contributed by atoms with Crippen molar-refractivity contribution in [3.8, 4) is 0 Å². The molecule has 0 saturated carbocycles. The first-order valence-corrected chi connectivity index (χ1v) is 6.93. The van der Waals surface area contributed by atoms with Crippen LogP contribution in [0.5, 0.6) is 0 Å². The molecular weight excluding hydrogens is 289 g/mol. The minimum atomic E-state index is -4.23. The fourth-order valence-electron chi connectivity index (χ4n) is 2.41. The maximum absolute atomic E-state index is 12.6. The molecule has 1 heterocycles. The average molecular weight is 310 g/mol. The maximum atomic E-state index is 12.6. The van der Waals surface area contributed by atoms with Gasteiger partial charge >= 0.3 is 18.2 Å². The van der Waals surface area contributed by atoms with Crippen molar-refractivity contribution in [1.29, 1.82) is 0 Å². The van der Waals surface area contributed by atoms with Gasteiger partial charge in [0.1, 0.15) is 6.54 Å². The summed E-state index contributed by atoms with van der Waals surface area (Å²) < 4.78 is 37.7. The molecule has 1 fully saturated rings. The van der Waals surface area contributed by atoms with Gasteiger partial charge in [-0.1, -0.05) is 13.8 Å². The Morgan fingerprint density at radius 2 is 1.81 bits per heavy atom. The van der Waals surface area contributed by atoms with Gasteiger partial charge in [0.15, 0.2) is 0 Å². The molecule has 0 radical (unpaired) electrons. The van der Waals surface area contributed by atoms with Crippen LogP contribution in [0.2, 0.25) is 0 Å². The molecule has 0 spiro atoms. The second-order valence-electron chi connectivity index (χ2n) is 5.75. The molecule has 1 aliphatic rings. The third kappa shape index (κ3) is 5.43. The second-order valence-corrected chi connectivity index (χ2v) is 5.75. The summed E-state index contributed by atoms with van der Waals surface area (Å²) >= 11 is 0. The van der Waals surface area contributed by atoms with Crippen molar-refractivity contribution in [2.45, 2.75) is 32.9 Å². The van der Waals surface area contributed by atoms with E-state index in [1.54, 1.807) is 0 Å². The van der Waals surface area contributed by atoms with Crippen molar-refractivity contribution < 1.29 is 27.9 Å². The van der Waals surface area contributed by atoms with E-state index in [1.165, 1.54) is 9.80 Å². The van der Waals surface area contributed by atoms with Crippen LogP contribution in [0, 0.1) is 11.8 Å². The Kier molecular flexibility index (Phi) is 5.86. The fourth-order valence-corrected chi connectivity index (χ4v) is 2.41. The Hall–Kier alpha value is -1.47. The Morgan fingerprint density at radius 3 is 2.19 bits per heavy atom. The third-order valence-electron chi connectivity index (χ3n) is 3.41. The number of carboxylic acid groups (broad SMARTS) is 1. The molecule has 0 aromatic carbocycles. The molecule has 21 heavy (non-hydrogen) atoms. The SMILES string of the molecule is CC(C)CN(CC(=O)O)C(=O)N1CCC(C(F)(F)F)CC1. The number of hydrogen-bond donors (Lipinski definition) is 1. The molecule has 0 atom stereocenters. The van der Waals surface area contributed by atoms with Gasteiger partial charge < -0.3 is 14.9 Å². The highest BCUT2D eigenvalue weighted by Gasteiger charge is 2.42. The van der Waals surface area contributed by atoms with Crippen molar-refractivity contribution >= 4 is 12.0 Å². The van der Waals surface area contributed by atoms with Crippen molar-refractivity contribution in [3.63, 3.8) is 0 Å². The molecule has 1 rings (SSSR count). The first kappa shape index (κ1) is 17.6. The summed E-state index contributed by atoms with van der Waals surface area (Å²) in [5.74, 6) is -2.42. The smallest absolute Gasteiger partial charge is 0.391 e. The van der Waals surface area contributed by atoms with E-state index in [-0.39, 0.29) is 38.4 Å². The van der Waals surface area contributed by atoms with Gasteiger partial charge in [0.2, 0.25) is 0 Å². The van der Waals surface area contributed by atoms with Gasteiger partial charge in [0.25, 0.3) is 0 Å². The van der Waals surface area contributed by atoms with Crippen LogP contribution in [0.25, 0.3) is 0 Å². The summed E-state index contributed by atoms with van der Waals surface area (Å²) in [6.45, 7) is 3.55. The maximum Gasteiger partial charge on any atom is 0.391 e. The highest BCUT2D eigenvalue weighted by molar-refractivity contribution is 5.80. The quantitative estimate of drug-likeness (QED) is 0.867. The lowest BCUT2D eigenvalue weighted by Gasteiger charge is -2.36. The summed E-state index contributed by atoms with van der Waals surface area (Å²) in [7, 11) is 0. The third-order valence-corrected chi connectivity index (χ3v) is 3.41. The second kappa shape index (κ2) is 7.00. The Morgan fingerprint density at radius 1 is 1.29 bits per heavy atom. The molecule has 8 heteroatoms. The highest BCUT2D eigenvalue weighted by Crippen LogP contribution is 2.34. The molecule has 0 aromatic rings. The number of halogens is 3. The van der Waals surface area contributed by atoms with Crippen molar-refractivity contribution in [2.24, 2.45) is 11.8 Å². The number of rotatable bonds is 4. The minimum absolute atomic E-state index is 0.0111. The molecule has 1 N–H and O–H groups in total. The van der Waals surface area contributed by atoms with Crippen LogP contribution in [-0.4, -0.2) is 59.3 Å². The molecule has 2 amide bonds. The highest BCUT2D eigenvalue weighted by atomic mass is 19.4. The Balaban J connectivity index is 2.62. The van der Waals surface area contributed by atoms with Gasteiger partial charge in [0, 0.05) is 19.6 Å². The average Bonchev–Trinajstić information content (AvgIpc) is 2.35. The minimum Gasteiger partial charge on any atom is -0.480 e. The predicted octanol–water partition coefficient (Wildman–Crippen LogP) is 2.42. The lowest BCUT2D eigenvalue weighted by atomic mass is 9.96. The zero-order chi connectivity index (χ0) is 16.2. The summed E-state index contributed by atoms with van der Waals surface area (Å²) in [6.07, 6.45) is -4.48. The molecule has 122 valence electrons. The molecule has 0 aromatic heterocycles. The van der Waals surface area contributed by atoms with E-state index in [1.807, 2.05) is 13.8 Å². The van der Waals surface area contributed by atoms with Crippen LogP contribution >= 0.6 is 0 Å². The largest absolute Gasteiger partial charge is 0.480 e.